The Hall–Kier alpha value is -2.37. The quantitative estimate of drug-likeness (QED) is 0.896. The van der Waals surface area contributed by atoms with Crippen molar-refractivity contribution in [1.29, 1.82) is 0 Å². The van der Waals surface area contributed by atoms with E-state index in [1.165, 1.54) is 12.0 Å². The van der Waals surface area contributed by atoms with Gasteiger partial charge in [0, 0.05) is 12.0 Å². The van der Waals surface area contributed by atoms with Crippen LogP contribution in [0, 0.1) is 5.92 Å². The molecule has 0 radical (unpaired) electrons. The number of benzene rings is 1. The summed E-state index contributed by atoms with van der Waals surface area (Å²) in [4.78, 5) is 17.0. The van der Waals surface area contributed by atoms with Gasteiger partial charge in [-0.2, -0.15) is 4.98 Å². The highest BCUT2D eigenvalue weighted by molar-refractivity contribution is 5.91. The largest absolute Gasteiger partial charge is 0.352 e. The summed E-state index contributed by atoms with van der Waals surface area (Å²) in [6.07, 6.45) is 6.40. The van der Waals surface area contributed by atoms with Gasteiger partial charge in [-0.25, -0.2) is 4.68 Å². The van der Waals surface area contributed by atoms with Crippen LogP contribution < -0.4 is 10.6 Å². The topological polar surface area (TPSA) is 71.8 Å². The monoisotopic (exact) mass is 339 g/mol. The zero-order valence-corrected chi connectivity index (χ0v) is 14.6. The van der Waals surface area contributed by atoms with E-state index in [2.05, 4.69) is 39.8 Å². The number of amides is 1. The number of carbonyl (C=O) groups excluding carboxylic acids is 1. The van der Waals surface area contributed by atoms with Gasteiger partial charge in [0.25, 0.3) is 5.95 Å². The molecule has 4 rings (SSSR count). The van der Waals surface area contributed by atoms with Crippen molar-refractivity contribution >= 4 is 17.8 Å². The summed E-state index contributed by atoms with van der Waals surface area (Å²) in [5.74, 6) is 1.30. The van der Waals surface area contributed by atoms with Crippen LogP contribution in [0.4, 0.5) is 11.9 Å². The van der Waals surface area contributed by atoms with E-state index >= 15 is 0 Å². The summed E-state index contributed by atoms with van der Waals surface area (Å²) < 4.78 is 1.91. The smallest absolute Gasteiger partial charge is 0.250 e. The molecule has 25 heavy (non-hydrogen) atoms. The van der Waals surface area contributed by atoms with Gasteiger partial charge >= 0.3 is 0 Å². The first-order valence-corrected chi connectivity index (χ1v) is 9.29. The van der Waals surface area contributed by atoms with Crippen molar-refractivity contribution in [3.63, 3.8) is 0 Å². The van der Waals surface area contributed by atoms with Gasteiger partial charge in [0.1, 0.15) is 0 Å². The van der Waals surface area contributed by atoms with E-state index in [0.717, 1.165) is 38.1 Å². The average molecular weight is 339 g/mol. The average Bonchev–Trinajstić information content (AvgIpc) is 3.04. The minimum absolute atomic E-state index is 0.0620. The number of nitrogens with one attached hydrogen (secondary N) is 2. The molecule has 1 fully saturated rings. The van der Waals surface area contributed by atoms with E-state index in [9.17, 15) is 4.79 Å². The van der Waals surface area contributed by atoms with Crippen molar-refractivity contribution < 1.29 is 4.79 Å². The Bertz CT molecular complexity index is 736. The van der Waals surface area contributed by atoms with Crippen molar-refractivity contribution in [1.82, 2.24) is 14.8 Å². The van der Waals surface area contributed by atoms with Crippen LogP contribution in [0.25, 0.3) is 0 Å². The van der Waals surface area contributed by atoms with Gasteiger partial charge in [-0.1, -0.05) is 49.6 Å². The summed E-state index contributed by atoms with van der Waals surface area (Å²) in [6.45, 7) is 2.15. The van der Waals surface area contributed by atoms with Gasteiger partial charge in [-0.3, -0.25) is 10.1 Å². The van der Waals surface area contributed by atoms with Crippen LogP contribution in [0.1, 0.15) is 57.1 Å². The Morgan fingerprint density at radius 3 is 2.72 bits per heavy atom. The molecule has 1 aliphatic heterocycles. The van der Waals surface area contributed by atoms with Crippen molar-refractivity contribution in [3.05, 3.63) is 35.9 Å². The van der Waals surface area contributed by atoms with Crippen molar-refractivity contribution in [3.8, 4) is 0 Å². The van der Waals surface area contributed by atoms with Crippen LogP contribution in [-0.4, -0.2) is 26.7 Å². The summed E-state index contributed by atoms with van der Waals surface area (Å²) in [5.41, 5.74) is 1.21. The van der Waals surface area contributed by atoms with Crippen LogP contribution in [0.3, 0.4) is 0 Å². The first-order valence-electron chi connectivity index (χ1n) is 9.29. The molecule has 132 valence electrons. The van der Waals surface area contributed by atoms with Crippen molar-refractivity contribution in [2.24, 2.45) is 5.92 Å². The molecule has 2 aliphatic rings. The molecule has 1 aromatic carbocycles. The van der Waals surface area contributed by atoms with E-state index in [1.54, 1.807) is 0 Å². The molecule has 1 aromatic heterocycles. The lowest BCUT2D eigenvalue weighted by Crippen LogP contribution is -2.31. The lowest BCUT2D eigenvalue weighted by molar-refractivity contribution is -0.120. The Morgan fingerprint density at radius 1 is 1.20 bits per heavy atom. The SMILES string of the molecule is C[C@H]1C[C@@H](c2ccccc2)n2nc(NC(=O)C3CCCCC3)nc2N1. The minimum atomic E-state index is 0.0620. The Balaban J connectivity index is 1.56. The highest BCUT2D eigenvalue weighted by Gasteiger charge is 2.29. The summed E-state index contributed by atoms with van der Waals surface area (Å²) >= 11 is 0. The molecule has 2 atom stereocenters. The number of hydrogen-bond acceptors (Lipinski definition) is 4. The summed E-state index contributed by atoms with van der Waals surface area (Å²) in [7, 11) is 0. The molecular weight excluding hydrogens is 314 g/mol. The fourth-order valence-corrected chi connectivity index (χ4v) is 3.94. The number of anilines is 2. The standard InChI is InChI=1S/C19H25N5O/c1-13-12-16(14-8-4-2-5-9-14)24-19(20-13)22-18(23-24)21-17(25)15-10-6-3-7-11-15/h2,4-5,8-9,13,15-16H,3,6-7,10-12H2,1H3,(H2,20,21,22,23,25)/t13-,16-/m0/s1. The Kier molecular flexibility index (Phi) is 4.42. The molecule has 0 spiro atoms. The number of carbonyl (C=O) groups is 1. The predicted octanol–water partition coefficient (Wildman–Crippen LogP) is 3.59. The third-order valence-corrected chi connectivity index (χ3v) is 5.27. The third-order valence-electron chi connectivity index (χ3n) is 5.27. The number of nitrogens with zero attached hydrogens (tertiary/aromatic N) is 3. The third kappa shape index (κ3) is 3.38. The maximum Gasteiger partial charge on any atom is 0.250 e. The molecule has 6 nitrogen and oxygen atoms in total. The van der Waals surface area contributed by atoms with Crippen LogP contribution in [-0.2, 0) is 4.79 Å². The maximum absolute atomic E-state index is 12.5. The first kappa shape index (κ1) is 16.1. The van der Waals surface area contributed by atoms with E-state index in [0.29, 0.717) is 12.0 Å². The van der Waals surface area contributed by atoms with E-state index < -0.39 is 0 Å². The molecular formula is C19H25N5O. The van der Waals surface area contributed by atoms with Gasteiger partial charge in [-0.05, 0) is 31.7 Å². The highest BCUT2D eigenvalue weighted by atomic mass is 16.2. The van der Waals surface area contributed by atoms with Crippen LogP contribution in [0.5, 0.6) is 0 Å². The van der Waals surface area contributed by atoms with E-state index in [1.807, 2.05) is 22.9 Å². The molecule has 2 N–H and O–H groups in total. The second-order valence-electron chi connectivity index (χ2n) is 7.24. The zero-order valence-electron chi connectivity index (χ0n) is 14.6. The molecule has 1 aliphatic carbocycles. The van der Waals surface area contributed by atoms with Gasteiger partial charge < -0.3 is 5.32 Å². The highest BCUT2D eigenvalue weighted by Crippen LogP contribution is 2.32. The number of aromatic nitrogens is 3. The van der Waals surface area contributed by atoms with Crippen molar-refractivity contribution in [2.75, 3.05) is 10.6 Å². The van der Waals surface area contributed by atoms with Crippen LogP contribution in [0.15, 0.2) is 30.3 Å². The zero-order chi connectivity index (χ0) is 17.2. The number of hydrogen-bond donors (Lipinski definition) is 2. The Morgan fingerprint density at radius 2 is 1.96 bits per heavy atom. The number of rotatable bonds is 3. The van der Waals surface area contributed by atoms with Gasteiger partial charge in [0.2, 0.25) is 11.9 Å². The summed E-state index contributed by atoms with van der Waals surface area (Å²) in [5, 5.41) is 10.9. The molecule has 0 unspecified atom stereocenters. The van der Waals surface area contributed by atoms with E-state index in [4.69, 9.17) is 0 Å². The fourth-order valence-electron chi connectivity index (χ4n) is 3.94. The lowest BCUT2D eigenvalue weighted by atomic mass is 9.89. The van der Waals surface area contributed by atoms with Crippen molar-refractivity contribution in [2.45, 2.75) is 57.5 Å². The maximum atomic E-state index is 12.5. The minimum Gasteiger partial charge on any atom is -0.352 e. The second kappa shape index (κ2) is 6.86. The summed E-state index contributed by atoms with van der Waals surface area (Å²) in [6, 6.07) is 10.8. The molecule has 1 amide bonds. The molecule has 6 heteroatoms. The fraction of sp³-hybridized carbons (Fsp3) is 0.526. The molecule has 0 bridgehead atoms. The molecule has 2 aromatic rings. The predicted molar refractivity (Wildman–Crippen MR) is 97.5 cm³/mol. The molecule has 2 heterocycles. The lowest BCUT2D eigenvalue weighted by Gasteiger charge is -2.29. The van der Waals surface area contributed by atoms with Gasteiger partial charge in [0.15, 0.2) is 0 Å². The van der Waals surface area contributed by atoms with Crippen LogP contribution in [0.2, 0.25) is 0 Å². The Labute approximate surface area is 148 Å². The van der Waals surface area contributed by atoms with Gasteiger partial charge in [-0.15, -0.1) is 5.10 Å². The van der Waals surface area contributed by atoms with Gasteiger partial charge in [0.05, 0.1) is 6.04 Å². The normalized spacial score (nSPS) is 23.6. The molecule has 0 saturated heterocycles. The second-order valence-corrected chi connectivity index (χ2v) is 7.24. The van der Waals surface area contributed by atoms with E-state index in [-0.39, 0.29) is 17.9 Å². The van der Waals surface area contributed by atoms with Crippen LogP contribution >= 0.6 is 0 Å². The number of fused-ring (bicyclic) bond motifs is 1. The first-order chi connectivity index (χ1) is 12.2. The molecule has 1 saturated carbocycles.